The smallest absolute Gasteiger partial charge is 0.181 e. The predicted molar refractivity (Wildman–Crippen MR) is 431 cm³/mol. The fraction of sp³-hybridized carbons (Fsp3) is 0.759. The SMILES string of the molecule is C.C.C.C[C@@]1(O)CC[C@@]2(C)[C@H](CC[C@@H]3[C@@H]2CC[C@]2(C)[C@@H](C(=O)CBr)CC[C@@H]32)C1.C[C@@]1(O)CC[C@@]2(C)[C@H](CC[C@@H]3[C@@H]2CC[C@]2(C)[C@@H](C(=O)Cn4cc5cc(Cl)cnc5n4)CC[C@@H]32)C1.C[C@@]1(O)CC[C@@]2(C)[C@H](CC[C@@H]3[C@@H]2CC[C@]2(C)[C@@H](C(=O)Cn4ncc5ncc(Cl)cc54)CC[C@@H]32)C1.Clc1cnc2[nH]ncc2c1. The zero-order chi connectivity index (χ0) is 72.8. The minimum atomic E-state index is -0.485. The highest BCUT2D eigenvalue weighted by Crippen LogP contribution is 2.72. The number of nitrogens with zero attached hydrogens (tertiary/aromatic N) is 8. The molecule has 0 radical (unpaired) electrons. The molecule has 15 nitrogen and oxygen atoms in total. The highest BCUT2D eigenvalue weighted by Gasteiger charge is 2.65. The quantitative estimate of drug-likeness (QED) is 0.105. The Balaban J connectivity index is 0.000000139. The van der Waals surface area contributed by atoms with Crippen molar-refractivity contribution in [1.29, 1.82) is 0 Å². The summed E-state index contributed by atoms with van der Waals surface area (Å²) in [6.45, 7) is 21.6. The number of fused-ring (bicyclic) bond motifs is 18. The number of Topliss-reactive ketones (excluding diaryl/α,β-unsaturated/α-hetero) is 3. The molecule has 0 saturated heterocycles. The van der Waals surface area contributed by atoms with E-state index >= 15 is 0 Å². The molecule has 0 aromatic carbocycles. The van der Waals surface area contributed by atoms with Gasteiger partial charge in [-0.05, 0) is 316 Å². The zero-order valence-corrected chi connectivity index (χ0v) is 66.6. The van der Waals surface area contributed by atoms with E-state index in [0.717, 1.165) is 152 Å². The standard InChI is InChI=1S/2C28H38ClN3O2.C22H35BrO2.C6H4ClN3.3CH4/c1-26(34)10-11-27(2)18(13-26)4-5-20-21-6-7-23(28(21,3)9-8-22(20)27)24(33)16-32-15-17-12-19(29)14-30-25(17)31-32;1-26(34)10-11-27(2)17(13-26)4-5-19-20-6-7-22(28(20,3)9-8-21(19)27)25(33)16-32-24-12-18(29)14-30-23(24)15-31-32;1-20(25)10-11-21(2)14(12-20)4-5-15-16-6-7-18(19(24)13-23)22(16,3)9-8-17(15)21;7-5-1-4-2-9-10-6(4)8-3-5;;;/h12,14-15,18,20-23,34H,4-11,13,16H2,1-3H3;12,14-15,17,19-22,34H,4-11,13,16H2,1-3H3;14-18,25H,4-13H2,1-3H3;1-3H,(H,8,9,10);3*1H4/t18-,20+,21+,22+,23-,26-,27+,28+;17-,19+,20+,21+,22-,26-,27+,28+;14-,15+,16+,17+,18-,20-,21+,22+;;;;/m111..../s1. The van der Waals surface area contributed by atoms with Crippen LogP contribution in [0.2, 0.25) is 15.1 Å². The van der Waals surface area contributed by atoms with Gasteiger partial charge in [-0.25, -0.2) is 9.97 Å². The van der Waals surface area contributed by atoms with E-state index in [0.29, 0.717) is 102 Å². The largest absolute Gasteiger partial charge is 0.390 e. The third kappa shape index (κ3) is 14.5. The third-order valence-corrected chi connectivity index (χ3v) is 34.0. The molecule has 6 aromatic heterocycles. The minimum absolute atomic E-state index is 0. The number of ketones is 3. The van der Waals surface area contributed by atoms with Gasteiger partial charge in [0, 0.05) is 53.3 Å². The molecule has 19 heteroatoms. The van der Waals surface area contributed by atoms with Crippen LogP contribution in [0.4, 0.5) is 0 Å². The van der Waals surface area contributed by atoms with Gasteiger partial charge in [0.25, 0.3) is 0 Å². The maximum atomic E-state index is 13.7. The van der Waals surface area contributed by atoms with Crippen LogP contribution in [-0.2, 0) is 27.5 Å². The number of hydrogen-bond donors (Lipinski definition) is 4. The number of rotatable bonds is 8. The molecule has 12 saturated carbocycles. The van der Waals surface area contributed by atoms with Gasteiger partial charge in [-0.1, -0.05) is 115 Å². The maximum absolute atomic E-state index is 13.7. The van der Waals surface area contributed by atoms with E-state index in [-0.39, 0.29) is 56.3 Å². The number of pyridine rings is 3. The zero-order valence-electron chi connectivity index (χ0n) is 62.7. The fourth-order valence-electron chi connectivity index (χ4n) is 27.4. The van der Waals surface area contributed by atoms with Gasteiger partial charge in [-0.3, -0.25) is 33.8 Å². The van der Waals surface area contributed by atoms with Crippen molar-refractivity contribution in [2.75, 3.05) is 5.33 Å². The second kappa shape index (κ2) is 30.2. The van der Waals surface area contributed by atoms with Crippen LogP contribution in [0.1, 0.15) is 258 Å². The molecule has 18 rings (SSSR count). The molecule has 24 atom stereocenters. The Labute approximate surface area is 656 Å². The number of alkyl halides is 1. The molecule has 6 heterocycles. The molecule has 12 fully saturated rings. The Morgan fingerprint density at radius 3 is 1.33 bits per heavy atom. The molecule has 0 aliphatic heterocycles. The molecule has 12 aliphatic rings. The summed E-state index contributed by atoms with van der Waals surface area (Å²) in [6, 6.07) is 5.52. The average molecular weight is 1580 g/mol. The summed E-state index contributed by atoms with van der Waals surface area (Å²) in [5.41, 5.74) is 3.20. The molecule has 584 valence electrons. The number of halogens is 4. The van der Waals surface area contributed by atoms with E-state index in [4.69, 9.17) is 34.8 Å². The van der Waals surface area contributed by atoms with Gasteiger partial charge in [0.05, 0.1) is 61.7 Å². The normalized spacial score (nSPS) is 42.1. The molecule has 4 N–H and O–H groups in total. The van der Waals surface area contributed by atoms with Gasteiger partial charge < -0.3 is 15.3 Å². The number of aliphatic hydroxyl groups is 3. The predicted octanol–water partition coefficient (Wildman–Crippen LogP) is 21.0. The summed E-state index contributed by atoms with van der Waals surface area (Å²) in [4.78, 5) is 52.4. The Morgan fingerprint density at radius 2 is 0.868 bits per heavy atom. The monoisotopic (exact) mass is 1580 g/mol. The van der Waals surface area contributed by atoms with Crippen molar-refractivity contribution in [3.8, 4) is 0 Å². The van der Waals surface area contributed by atoms with Crippen LogP contribution in [0.15, 0.2) is 55.4 Å². The van der Waals surface area contributed by atoms with Gasteiger partial charge in [-0.2, -0.15) is 15.3 Å². The first-order valence-corrected chi connectivity index (χ1v) is 42.2. The molecule has 106 heavy (non-hydrogen) atoms. The fourth-order valence-corrected chi connectivity index (χ4v) is 28.3. The Morgan fingerprint density at radius 1 is 0.462 bits per heavy atom. The molecule has 6 aromatic rings. The van der Waals surface area contributed by atoms with Crippen LogP contribution in [0.25, 0.3) is 33.1 Å². The van der Waals surface area contributed by atoms with Crippen LogP contribution in [-0.4, -0.2) is 99.5 Å². The number of aromatic nitrogens is 9. The van der Waals surface area contributed by atoms with Crippen LogP contribution in [0.3, 0.4) is 0 Å². The Bertz CT molecular complexity index is 4170. The van der Waals surface area contributed by atoms with Crippen molar-refractivity contribution in [2.45, 2.75) is 288 Å². The van der Waals surface area contributed by atoms with E-state index in [9.17, 15) is 29.7 Å². The summed E-state index contributed by atoms with van der Waals surface area (Å²) >= 11 is 21.3. The molecule has 0 unspecified atom stereocenters. The average Bonchev–Trinajstić information content (AvgIpc) is 1.49. The molecular formula is C87H127BrCl3N9O6. The first-order chi connectivity index (χ1) is 48.8. The second-order valence-corrected chi connectivity index (χ2v) is 40.2. The van der Waals surface area contributed by atoms with E-state index in [1.807, 2.05) is 45.2 Å². The van der Waals surface area contributed by atoms with Gasteiger partial charge >= 0.3 is 0 Å². The van der Waals surface area contributed by atoms with Gasteiger partial charge in [0.2, 0.25) is 0 Å². The van der Waals surface area contributed by atoms with Crippen molar-refractivity contribution in [2.24, 2.45) is 121 Å². The number of aromatic amines is 1. The number of nitrogens with one attached hydrogen (secondary N) is 1. The lowest BCUT2D eigenvalue weighted by Crippen LogP contribution is -2.55. The molecule has 0 amide bonds. The van der Waals surface area contributed by atoms with Gasteiger partial charge in [0.1, 0.15) is 17.8 Å². The summed E-state index contributed by atoms with van der Waals surface area (Å²) < 4.78 is 3.55. The maximum Gasteiger partial charge on any atom is 0.181 e. The summed E-state index contributed by atoms with van der Waals surface area (Å²) in [5, 5.41) is 51.7. The minimum Gasteiger partial charge on any atom is -0.390 e. The van der Waals surface area contributed by atoms with Crippen molar-refractivity contribution in [3.63, 3.8) is 0 Å². The number of H-pyrrole nitrogens is 1. The summed E-state index contributed by atoms with van der Waals surface area (Å²) in [7, 11) is 0. The van der Waals surface area contributed by atoms with E-state index in [2.05, 4.69) is 92.8 Å². The lowest BCUT2D eigenvalue weighted by molar-refractivity contribution is -0.151. The first kappa shape index (κ1) is 81.6. The van der Waals surface area contributed by atoms with Crippen LogP contribution in [0, 0.1) is 121 Å². The molecule has 0 bridgehead atoms. The van der Waals surface area contributed by atoms with Crippen LogP contribution < -0.4 is 0 Å². The van der Waals surface area contributed by atoms with E-state index in [1.54, 1.807) is 40.3 Å². The van der Waals surface area contributed by atoms with Crippen LogP contribution in [0.5, 0.6) is 0 Å². The lowest BCUT2D eigenvalue weighted by atomic mass is 9.44. The van der Waals surface area contributed by atoms with E-state index in [1.165, 1.54) is 89.9 Å². The highest BCUT2D eigenvalue weighted by molar-refractivity contribution is 9.09. The van der Waals surface area contributed by atoms with Crippen molar-refractivity contribution in [3.05, 3.63) is 70.4 Å². The third-order valence-electron chi connectivity index (χ3n) is 32.9. The van der Waals surface area contributed by atoms with Gasteiger partial charge in [-0.15, -0.1) is 0 Å². The lowest BCUT2D eigenvalue weighted by Gasteiger charge is -2.61. The van der Waals surface area contributed by atoms with Crippen molar-refractivity contribution >= 4 is 101 Å². The Hall–Kier alpha value is -3.90. The number of carbonyl (C=O) groups is 3. The van der Waals surface area contributed by atoms with Gasteiger partial charge in [0.15, 0.2) is 22.9 Å². The van der Waals surface area contributed by atoms with Crippen LogP contribution >= 0.6 is 50.7 Å². The molecule has 0 spiro atoms. The molecular weight excluding hydrogens is 1450 g/mol. The summed E-state index contributed by atoms with van der Waals surface area (Å²) in [6.07, 6.45) is 41.2. The Kier molecular flexibility index (Phi) is 23.3. The van der Waals surface area contributed by atoms with E-state index < -0.39 is 16.8 Å². The van der Waals surface area contributed by atoms with Crippen molar-refractivity contribution in [1.82, 2.24) is 44.7 Å². The topological polar surface area (TPSA) is 215 Å². The number of hydrogen-bond acceptors (Lipinski definition) is 12. The molecule has 12 aliphatic carbocycles. The second-order valence-electron chi connectivity index (χ2n) is 38.3. The number of carbonyl (C=O) groups excluding carboxylic acids is 3. The summed E-state index contributed by atoms with van der Waals surface area (Å²) in [5.74, 6) is 10.3. The highest BCUT2D eigenvalue weighted by atomic mass is 79.9. The van der Waals surface area contributed by atoms with Crippen molar-refractivity contribution < 1.29 is 29.7 Å². The first-order valence-electron chi connectivity index (χ1n) is 40.0.